The molecule has 0 heterocycles. The Morgan fingerprint density at radius 3 is 0.227 bits per heavy atom. The van der Waals surface area contributed by atoms with Crippen molar-refractivity contribution in [3.8, 4) is 0 Å². The van der Waals surface area contributed by atoms with Crippen LogP contribution in [0.3, 0.4) is 0 Å². The van der Waals surface area contributed by atoms with Gasteiger partial charge in [0, 0.05) is 106 Å². The van der Waals surface area contributed by atoms with Crippen LogP contribution in [0.5, 0.6) is 0 Å². The Bertz CT molecular complexity index is 74.6. The molecule has 0 unspecified atom stereocenters. The molecule has 22 heteroatoms. The zero-order valence-electron chi connectivity index (χ0n) is 10.2. The van der Waals surface area contributed by atoms with Gasteiger partial charge in [0.15, 0.2) is 0 Å². The Labute approximate surface area is 193 Å². The minimum absolute atomic E-state index is 0. The van der Waals surface area contributed by atoms with Gasteiger partial charge in [0.05, 0.1) is 0 Å². The van der Waals surface area contributed by atoms with Gasteiger partial charge in [0.2, 0.25) is 0 Å². The van der Waals surface area contributed by atoms with Gasteiger partial charge in [-0.05, 0) is 0 Å². The summed E-state index contributed by atoms with van der Waals surface area (Å²) in [7, 11) is -11.7. The van der Waals surface area contributed by atoms with Crippen molar-refractivity contribution in [2.45, 2.75) is 0 Å². The molecule has 12 nitrogen and oxygen atoms in total. The molecule has 0 saturated carbocycles. The molecule has 0 bridgehead atoms. The molecular formula is B4Ge6O12-12. The van der Waals surface area contributed by atoms with Gasteiger partial charge in [-0.3, -0.25) is 29.3 Å². The second-order valence-electron chi connectivity index (χ2n) is 1.15. The van der Waals surface area contributed by atoms with E-state index in [-0.39, 0.29) is 106 Å². The van der Waals surface area contributed by atoms with Gasteiger partial charge in [0.25, 0.3) is 0 Å². The van der Waals surface area contributed by atoms with E-state index in [9.17, 15) is 0 Å². The van der Waals surface area contributed by atoms with Crippen LogP contribution in [0.1, 0.15) is 0 Å². The number of rotatable bonds is 0. The molecule has 0 aliphatic carbocycles. The van der Waals surface area contributed by atoms with Gasteiger partial charge in [-0.15, -0.1) is 0 Å². The monoisotopic (exact) mass is 680 g/mol. The van der Waals surface area contributed by atoms with E-state index >= 15 is 0 Å². The van der Waals surface area contributed by atoms with Crippen LogP contribution in [0.25, 0.3) is 0 Å². The van der Waals surface area contributed by atoms with Crippen molar-refractivity contribution in [1.29, 1.82) is 0 Å². The molecule has 0 amide bonds. The van der Waals surface area contributed by atoms with Crippen LogP contribution in [0, 0.1) is 0 Å². The van der Waals surface area contributed by atoms with Crippen molar-refractivity contribution in [2.24, 2.45) is 0 Å². The fourth-order valence-electron chi connectivity index (χ4n) is 0. The maximum Gasteiger partial charge on any atom is 0 e. The molecular weight excluding hydrogens is 671 g/mol. The molecule has 0 saturated heterocycles. The molecule has 0 rings (SSSR count). The van der Waals surface area contributed by atoms with Gasteiger partial charge in [-0.25, -0.2) is 0 Å². The van der Waals surface area contributed by atoms with E-state index in [1.165, 1.54) is 0 Å². The van der Waals surface area contributed by atoms with Gasteiger partial charge < -0.3 is 60.3 Å². The largest absolute Gasteiger partial charge is 0.907 e. The molecule has 0 aliphatic rings. The Hall–Kier alpha value is 3.04. The standard InChI is InChI=1S/4BO3.6Ge/c4*2-1(3)4;;;;;;/q4*-3;;;;;;. The van der Waals surface area contributed by atoms with Crippen LogP contribution in [0.2, 0.25) is 0 Å². The second-order valence-corrected chi connectivity index (χ2v) is 1.15. The summed E-state index contributed by atoms with van der Waals surface area (Å²) in [4.78, 5) is 0. The van der Waals surface area contributed by atoms with Crippen molar-refractivity contribution in [3.63, 3.8) is 0 Å². The van der Waals surface area contributed by atoms with Crippen LogP contribution < -0.4 is 60.3 Å². The third kappa shape index (κ3) is 1210. The summed E-state index contributed by atoms with van der Waals surface area (Å²) in [6, 6.07) is 0. The Morgan fingerprint density at radius 1 is 0.227 bits per heavy atom. The van der Waals surface area contributed by atoms with Crippen LogP contribution in [0.4, 0.5) is 0 Å². The van der Waals surface area contributed by atoms with Gasteiger partial charge in [-0.2, -0.15) is 0 Å². The zero-order chi connectivity index (χ0) is 14.3. The minimum atomic E-state index is -2.92. The van der Waals surface area contributed by atoms with E-state index in [0.717, 1.165) is 0 Å². The molecule has 22 heavy (non-hydrogen) atoms. The van der Waals surface area contributed by atoms with Gasteiger partial charge in [0.1, 0.15) is 0 Å². The quantitative estimate of drug-likeness (QED) is 0.217. The summed E-state index contributed by atoms with van der Waals surface area (Å²) in [5.41, 5.74) is 0. The second kappa shape index (κ2) is 56.4. The van der Waals surface area contributed by atoms with Crippen molar-refractivity contribution in [3.05, 3.63) is 0 Å². The van der Waals surface area contributed by atoms with E-state index in [0.29, 0.717) is 0 Å². The van der Waals surface area contributed by atoms with Gasteiger partial charge in [-0.1, -0.05) is 0 Å². The summed E-state index contributed by atoms with van der Waals surface area (Å²) in [5, 5.41) is 101. The smallest absolute Gasteiger partial charge is 0 e. The fraction of sp³-hybridized carbons (Fsp3) is 0. The van der Waals surface area contributed by atoms with E-state index in [1.807, 2.05) is 0 Å². The zero-order valence-corrected chi connectivity index (χ0v) is 22.8. The number of hydrogen-bond donors (Lipinski definition) is 0. The molecule has 0 aromatic rings. The molecule has 0 atom stereocenters. The third-order valence-corrected chi connectivity index (χ3v) is 0. The topological polar surface area (TPSA) is 277 Å². The Kier molecular flexibility index (Phi) is 164. The summed E-state index contributed by atoms with van der Waals surface area (Å²) in [6.07, 6.45) is 0. The molecule has 0 fully saturated rings. The first-order valence-corrected chi connectivity index (χ1v) is 2.83. The first-order valence-electron chi connectivity index (χ1n) is 2.83. The first kappa shape index (κ1) is 64.0. The maximum absolute atomic E-state index is 8.42. The van der Waals surface area contributed by atoms with Crippen molar-refractivity contribution in [1.82, 2.24) is 0 Å². The van der Waals surface area contributed by atoms with Crippen LogP contribution in [-0.2, 0) is 0 Å². The van der Waals surface area contributed by atoms with E-state index in [2.05, 4.69) is 0 Å². The van der Waals surface area contributed by atoms with Crippen LogP contribution in [0.15, 0.2) is 0 Å². The third-order valence-electron chi connectivity index (χ3n) is 0. The molecule has 0 aromatic heterocycles. The van der Waals surface area contributed by atoms with E-state index < -0.39 is 29.3 Å². The predicted molar refractivity (Wildman–Crippen MR) is 57.5 cm³/mol. The van der Waals surface area contributed by atoms with E-state index in [1.54, 1.807) is 0 Å². The first-order chi connectivity index (χ1) is 6.93. The molecule has 0 aromatic carbocycles. The van der Waals surface area contributed by atoms with Crippen molar-refractivity contribution < 1.29 is 60.3 Å². The molecule has 0 spiro atoms. The van der Waals surface area contributed by atoms with Crippen LogP contribution in [-0.4, -0.2) is 135 Å². The summed E-state index contributed by atoms with van der Waals surface area (Å²) in [5.74, 6) is 0. The Balaban J connectivity index is -0.00000001000. The molecule has 0 aliphatic heterocycles. The maximum atomic E-state index is 8.42. The summed E-state index contributed by atoms with van der Waals surface area (Å²) >= 11 is 0. The van der Waals surface area contributed by atoms with Crippen molar-refractivity contribution in [2.75, 3.05) is 0 Å². The normalized spacial score (nSPS) is 4.91. The predicted octanol–water partition coefficient (Wildman–Crippen LogP) is -18.1. The Morgan fingerprint density at radius 2 is 0.227 bits per heavy atom. The summed E-state index contributed by atoms with van der Waals surface area (Å²) < 4.78 is 0. The number of hydrogen-bond acceptors (Lipinski definition) is 12. The van der Waals surface area contributed by atoms with Crippen LogP contribution >= 0.6 is 0 Å². The molecule has 24 radical (unpaired) electrons. The molecule has 0 N–H and O–H groups in total. The SMILES string of the molecule is [Ge].[Ge].[Ge].[Ge].[Ge].[Ge].[O-]B([O-])[O-].[O-]B([O-])[O-].[O-]B([O-])[O-].[O-]B([O-])[O-]. The molecule has 120 valence electrons. The minimum Gasteiger partial charge on any atom is -0.907 e. The average Bonchev–Trinajstić information content (AvgIpc) is 1.76. The fourth-order valence-corrected chi connectivity index (χ4v) is 0. The van der Waals surface area contributed by atoms with Crippen molar-refractivity contribution >= 4 is 135 Å². The average molecular weight is 671 g/mol. The summed E-state index contributed by atoms with van der Waals surface area (Å²) in [6.45, 7) is 0. The van der Waals surface area contributed by atoms with E-state index in [4.69, 9.17) is 60.3 Å². The van der Waals surface area contributed by atoms with Gasteiger partial charge >= 0.3 is 0 Å².